The zero-order valence-electron chi connectivity index (χ0n) is 21.2. The first-order valence-corrected chi connectivity index (χ1v) is 13.4. The minimum Gasteiger partial charge on any atom is -0.491 e. The Labute approximate surface area is 218 Å². The van der Waals surface area contributed by atoms with Crippen molar-refractivity contribution in [1.29, 1.82) is 0 Å². The molecule has 0 aliphatic heterocycles. The highest BCUT2D eigenvalue weighted by Gasteiger charge is 2.31. The smallest absolute Gasteiger partial charge is 0.491 e. The van der Waals surface area contributed by atoms with E-state index in [1.807, 2.05) is 24.3 Å². The Morgan fingerprint density at radius 3 is 2.27 bits per heavy atom. The number of benzene rings is 3. The van der Waals surface area contributed by atoms with Gasteiger partial charge in [-0.15, -0.1) is 13.2 Å². The van der Waals surface area contributed by atoms with Crippen molar-refractivity contribution >= 4 is 5.69 Å². The van der Waals surface area contributed by atoms with Gasteiger partial charge in [0.2, 0.25) is 0 Å². The van der Waals surface area contributed by atoms with Gasteiger partial charge in [0.05, 0.1) is 12.3 Å². The van der Waals surface area contributed by atoms with Crippen LogP contribution in [0.3, 0.4) is 0 Å². The summed E-state index contributed by atoms with van der Waals surface area (Å²) in [5.74, 6) is 1.43. The van der Waals surface area contributed by atoms with Gasteiger partial charge in [-0.05, 0) is 79.0 Å². The van der Waals surface area contributed by atoms with Gasteiger partial charge in [-0.25, -0.2) is 0 Å². The summed E-state index contributed by atoms with van der Waals surface area (Å²) in [5.41, 5.74) is 3.97. The summed E-state index contributed by atoms with van der Waals surface area (Å²) in [6.45, 7) is 1.50. The van der Waals surface area contributed by atoms with Crippen LogP contribution in [0.4, 0.5) is 18.9 Å². The Morgan fingerprint density at radius 1 is 0.811 bits per heavy atom. The lowest BCUT2D eigenvalue weighted by molar-refractivity contribution is -0.274. The molecule has 0 unspecified atom stereocenters. The minimum atomic E-state index is -4.70. The molecule has 0 bridgehead atoms. The summed E-state index contributed by atoms with van der Waals surface area (Å²) < 4.78 is 47.7. The van der Waals surface area contributed by atoms with Crippen molar-refractivity contribution in [2.75, 3.05) is 18.5 Å². The second-order valence-electron chi connectivity index (χ2n) is 9.79. The number of hydrogen-bond acceptors (Lipinski definition) is 3. The molecule has 3 nitrogen and oxygen atoms in total. The molecule has 0 atom stereocenters. The molecule has 1 saturated carbocycles. The molecule has 1 fully saturated rings. The largest absolute Gasteiger partial charge is 0.573 e. The summed E-state index contributed by atoms with van der Waals surface area (Å²) >= 11 is 0. The lowest BCUT2D eigenvalue weighted by Gasteiger charge is -2.16. The summed E-state index contributed by atoms with van der Waals surface area (Å²) in [4.78, 5) is 0. The van der Waals surface area contributed by atoms with Crippen molar-refractivity contribution in [3.05, 3.63) is 78.4 Å². The molecular formula is C31H36F3NO2. The van der Waals surface area contributed by atoms with E-state index in [4.69, 9.17) is 4.74 Å². The summed E-state index contributed by atoms with van der Waals surface area (Å²) in [7, 11) is 0. The Morgan fingerprint density at radius 2 is 1.54 bits per heavy atom. The predicted molar refractivity (Wildman–Crippen MR) is 143 cm³/mol. The van der Waals surface area contributed by atoms with Crippen LogP contribution in [0.25, 0.3) is 11.1 Å². The van der Waals surface area contributed by atoms with Crippen LogP contribution in [0.5, 0.6) is 11.5 Å². The molecule has 1 aliphatic rings. The Bertz CT molecular complexity index is 1080. The average molecular weight is 512 g/mol. The highest BCUT2D eigenvalue weighted by molar-refractivity contribution is 5.72. The third-order valence-corrected chi connectivity index (χ3v) is 6.94. The van der Waals surface area contributed by atoms with Gasteiger partial charge in [0.25, 0.3) is 0 Å². The van der Waals surface area contributed by atoms with Crippen molar-refractivity contribution in [3.63, 3.8) is 0 Å². The van der Waals surface area contributed by atoms with Crippen molar-refractivity contribution < 1.29 is 22.6 Å². The van der Waals surface area contributed by atoms with Gasteiger partial charge in [0.15, 0.2) is 0 Å². The van der Waals surface area contributed by atoms with E-state index in [9.17, 15) is 13.2 Å². The first-order valence-electron chi connectivity index (χ1n) is 13.4. The molecule has 0 saturated heterocycles. The van der Waals surface area contributed by atoms with E-state index in [0.29, 0.717) is 6.61 Å². The molecule has 0 spiro atoms. The first-order chi connectivity index (χ1) is 18.0. The monoisotopic (exact) mass is 511 g/mol. The topological polar surface area (TPSA) is 30.5 Å². The van der Waals surface area contributed by atoms with E-state index < -0.39 is 6.36 Å². The molecule has 4 rings (SSSR count). The molecule has 0 radical (unpaired) electrons. The van der Waals surface area contributed by atoms with Gasteiger partial charge in [-0.1, -0.05) is 74.2 Å². The van der Waals surface area contributed by atoms with E-state index in [-0.39, 0.29) is 5.75 Å². The van der Waals surface area contributed by atoms with Gasteiger partial charge in [-0.3, -0.25) is 0 Å². The molecule has 0 heterocycles. The third kappa shape index (κ3) is 9.03. The number of halogens is 3. The zero-order valence-corrected chi connectivity index (χ0v) is 21.2. The maximum atomic E-state index is 12.5. The first kappa shape index (κ1) is 26.9. The van der Waals surface area contributed by atoms with Gasteiger partial charge in [0, 0.05) is 6.54 Å². The van der Waals surface area contributed by atoms with Crippen molar-refractivity contribution in [2.24, 2.45) is 5.92 Å². The number of rotatable bonds is 13. The second-order valence-corrected chi connectivity index (χ2v) is 9.79. The number of aryl methyl sites for hydroxylation is 1. The van der Waals surface area contributed by atoms with Crippen LogP contribution in [0.15, 0.2) is 72.8 Å². The number of anilines is 1. The summed E-state index contributed by atoms with van der Waals surface area (Å²) in [6.07, 6.45) is 6.10. The Hall–Kier alpha value is -3.15. The van der Waals surface area contributed by atoms with Gasteiger partial charge >= 0.3 is 6.36 Å². The molecule has 3 aromatic carbocycles. The SMILES string of the molecule is FC(F)(F)Oc1ccc(-c2ccc(OCCCC3CCCC3)c(NCCCCc3ccccc3)c2)cc1. The van der Waals surface area contributed by atoms with Crippen LogP contribution in [0.1, 0.15) is 56.9 Å². The zero-order chi connectivity index (χ0) is 25.9. The number of ether oxygens (including phenoxy) is 2. The van der Waals surface area contributed by atoms with Crippen molar-refractivity contribution in [2.45, 2.75) is 64.1 Å². The van der Waals surface area contributed by atoms with Crippen LogP contribution in [0.2, 0.25) is 0 Å². The summed E-state index contributed by atoms with van der Waals surface area (Å²) in [6, 6.07) is 22.4. The van der Waals surface area contributed by atoms with E-state index >= 15 is 0 Å². The van der Waals surface area contributed by atoms with E-state index in [0.717, 1.165) is 60.7 Å². The number of alkyl halides is 3. The maximum Gasteiger partial charge on any atom is 0.573 e. The molecule has 1 aliphatic carbocycles. The minimum absolute atomic E-state index is 0.227. The van der Waals surface area contributed by atoms with Gasteiger partial charge in [-0.2, -0.15) is 0 Å². The second kappa shape index (κ2) is 13.4. The van der Waals surface area contributed by atoms with Crippen LogP contribution in [-0.4, -0.2) is 19.5 Å². The lowest BCUT2D eigenvalue weighted by Crippen LogP contribution is -2.16. The van der Waals surface area contributed by atoms with Crippen LogP contribution >= 0.6 is 0 Å². The molecule has 198 valence electrons. The third-order valence-electron chi connectivity index (χ3n) is 6.94. The Kier molecular flexibility index (Phi) is 9.75. The van der Waals surface area contributed by atoms with Crippen molar-refractivity contribution in [1.82, 2.24) is 0 Å². The maximum absolute atomic E-state index is 12.5. The van der Waals surface area contributed by atoms with E-state index in [1.165, 1.54) is 49.8 Å². The summed E-state index contributed by atoms with van der Waals surface area (Å²) in [5, 5.41) is 3.54. The molecule has 0 amide bonds. The molecule has 6 heteroatoms. The lowest BCUT2D eigenvalue weighted by atomic mass is 10.0. The van der Waals surface area contributed by atoms with Crippen LogP contribution in [-0.2, 0) is 6.42 Å². The fourth-order valence-electron chi connectivity index (χ4n) is 5.00. The van der Waals surface area contributed by atoms with Crippen molar-refractivity contribution in [3.8, 4) is 22.6 Å². The fraction of sp³-hybridized carbons (Fsp3) is 0.419. The predicted octanol–water partition coefficient (Wildman–Crippen LogP) is 9.04. The highest BCUT2D eigenvalue weighted by Crippen LogP contribution is 2.33. The molecule has 1 N–H and O–H groups in total. The molecular weight excluding hydrogens is 475 g/mol. The highest BCUT2D eigenvalue weighted by atomic mass is 19.4. The molecule has 37 heavy (non-hydrogen) atoms. The van der Waals surface area contributed by atoms with E-state index in [1.54, 1.807) is 12.1 Å². The Balaban J connectivity index is 1.37. The average Bonchev–Trinajstić information content (AvgIpc) is 3.41. The van der Waals surface area contributed by atoms with Gasteiger partial charge in [0.1, 0.15) is 11.5 Å². The van der Waals surface area contributed by atoms with Crippen LogP contribution in [0, 0.1) is 5.92 Å². The van der Waals surface area contributed by atoms with Crippen LogP contribution < -0.4 is 14.8 Å². The van der Waals surface area contributed by atoms with E-state index in [2.05, 4.69) is 34.3 Å². The number of hydrogen-bond donors (Lipinski definition) is 1. The standard InChI is InChI=1S/C31H36F3NO2/c32-31(33,34)37-28-18-15-26(16-19-28)27-17-20-30(36-22-8-14-25-11-4-5-12-25)29(23-27)35-21-7-6-13-24-9-2-1-3-10-24/h1-3,9-10,15-20,23,25,35H,4-8,11-14,21-22H2. The fourth-order valence-corrected chi connectivity index (χ4v) is 5.00. The molecule has 3 aromatic rings. The number of unbranched alkanes of at least 4 members (excludes halogenated alkanes) is 1. The molecule has 0 aromatic heterocycles. The number of nitrogens with one attached hydrogen (secondary N) is 1. The quantitative estimate of drug-likeness (QED) is 0.232. The van der Waals surface area contributed by atoms with Gasteiger partial charge < -0.3 is 14.8 Å². The normalized spacial score (nSPS) is 14.0.